The SMILES string of the molecule is C=CC1=C(C=C)C2(c3ccc(-c4ccc(C)c5ccccc45)cc31)c1ccccc1-c1ccccc12. The van der Waals surface area contributed by atoms with Crippen LogP contribution in [0, 0.1) is 6.92 Å². The third kappa shape index (κ3) is 2.49. The number of aryl methyl sites for hydroxylation is 1. The van der Waals surface area contributed by atoms with Crippen LogP contribution < -0.4 is 0 Å². The molecule has 0 atom stereocenters. The van der Waals surface area contributed by atoms with Gasteiger partial charge in [0, 0.05) is 0 Å². The standard InChI is InChI=1S/C36H26/c1-4-25-31-22-24(27-20-18-23(3)26-12-6-7-13-28(26)27)19-21-35(31)36(32(25)5-2)33-16-10-8-14-29(33)30-15-9-11-17-34(30)36/h4-22H,1-2H2,3H3. The minimum atomic E-state index is -0.373. The first kappa shape index (κ1) is 20.9. The highest BCUT2D eigenvalue weighted by Gasteiger charge is 2.51. The van der Waals surface area contributed by atoms with Crippen molar-refractivity contribution in [1.29, 1.82) is 0 Å². The topological polar surface area (TPSA) is 0 Å². The molecule has 0 saturated carbocycles. The fraction of sp³-hybridized carbons (Fsp3) is 0.0556. The Kier molecular flexibility index (Phi) is 4.38. The largest absolute Gasteiger partial charge is 0.0987 e. The van der Waals surface area contributed by atoms with E-state index in [-0.39, 0.29) is 5.41 Å². The van der Waals surface area contributed by atoms with E-state index in [0.29, 0.717) is 0 Å². The van der Waals surface area contributed by atoms with Crippen LogP contribution in [0.3, 0.4) is 0 Å². The first-order valence-corrected chi connectivity index (χ1v) is 12.5. The maximum absolute atomic E-state index is 4.31. The number of allylic oxidation sites excluding steroid dienone is 4. The second-order valence-electron chi connectivity index (χ2n) is 9.81. The Morgan fingerprint density at radius 3 is 1.83 bits per heavy atom. The average molecular weight is 459 g/mol. The Balaban J connectivity index is 1.57. The molecule has 0 aromatic heterocycles. The Labute approximate surface area is 212 Å². The molecule has 5 aromatic carbocycles. The molecule has 2 aliphatic carbocycles. The van der Waals surface area contributed by atoms with E-state index >= 15 is 0 Å². The molecular formula is C36H26. The molecule has 0 fully saturated rings. The van der Waals surface area contributed by atoms with Gasteiger partial charge in [-0.1, -0.05) is 122 Å². The average Bonchev–Trinajstić information content (AvgIpc) is 3.39. The van der Waals surface area contributed by atoms with Crippen molar-refractivity contribution in [3.8, 4) is 22.3 Å². The van der Waals surface area contributed by atoms with Crippen molar-refractivity contribution in [2.45, 2.75) is 12.3 Å². The second kappa shape index (κ2) is 7.54. The summed E-state index contributed by atoms with van der Waals surface area (Å²) in [7, 11) is 0. The van der Waals surface area contributed by atoms with E-state index in [4.69, 9.17) is 0 Å². The molecule has 0 aliphatic heterocycles. The van der Waals surface area contributed by atoms with Crippen LogP contribution in [0.4, 0.5) is 0 Å². The molecule has 0 unspecified atom stereocenters. The van der Waals surface area contributed by atoms with Crippen LogP contribution >= 0.6 is 0 Å². The molecule has 1 spiro atoms. The van der Waals surface area contributed by atoms with Gasteiger partial charge in [-0.15, -0.1) is 0 Å². The molecule has 0 bridgehead atoms. The van der Waals surface area contributed by atoms with Gasteiger partial charge in [-0.3, -0.25) is 0 Å². The van der Waals surface area contributed by atoms with Gasteiger partial charge < -0.3 is 0 Å². The van der Waals surface area contributed by atoms with Crippen molar-refractivity contribution in [3.63, 3.8) is 0 Å². The third-order valence-electron chi connectivity index (χ3n) is 8.22. The predicted molar refractivity (Wildman–Crippen MR) is 153 cm³/mol. The monoisotopic (exact) mass is 458 g/mol. The van der Waals surface area contributed by atoms with Gasteiger partial charge in [-0.25, -0.2) is 0 Å². The third-order valence-corrected chi connectivity index (χ3v) is 8.22. The van der Waals surface area contributed by atoms with Gasteiger partial charge in [0.15, 0.2) is 0 Å². The van der Waals surface area contributed by atoms with Crippen molar-refractivity contribution in [1.82, 2.24) is 0 Å². The van der Waals surface area contributed by atoms with Crippen molar-refractivity contribution in [3.05, 3.63) is 162 Å². The first-order valence-electron chi connectivity index (χ1n) is 12.5. The van der Waals surface area contributed by atoms with Crippen LogP contribution in [0.15, 0.2) is 134 Å². The molecule has 170 valence electrons. The van der Waals surface area contributed by atoms with Crippen molar-refractivity contribution < 1.29 is 0 Å². The van der Waals surface area contributed by atoms with Gasteiger partial charge in [-0.2, -0.15) is 0 Å². The summed E-state index contributed by atoms with van der Waals surface area (Å²) in [6.45, 7) is 10.8. The molecule has 0 saturated heterocycles. The zero-order valence-corrected chi connectivity index (χ0v) is 20.4. The summed E-state index contributed by atoms with van der Waals surface area (Å²) >= 11 is 0. The minimum absolute atomic E-state index is 0.373. The highest BCUT2D eigenvalue weighted by molar-refractivity contribution is 6.02. The van der Waals surface area contributed by atoms with E-state index in [2.05, 4.69) is 129 Å². The smallest absolute Gasteiger partial charge is 0.0725 e. The molecule has 0 heterocycles. The number of hydrogen-bond donors (Lipinski definition) is 0. The lowest BCUT2D eigenvalue weighted by Gasteiger charge is -2.31. The van der Waals surface area contributed by atoms with E-state index in [0.717, 1.165) is 0 Å². The van der Waals surface area contributed by atoms with Gasteiger partial charge in [0.25, 0.3) is 0 Å². The fourth-order valence-corrected chi connectivity index (χ4v) is 6.75. The van der Waals surface area contributed by atoms with Crippen LogP contribution in [0.1, 0.15) is 27.8 Å². The van der Waals surface area contributed by atoms with Gasteiger partial charge in [-0.05, 0) is 85.0 Å². The quantitative estimate of drug-likeness (QED) is 0.253. The highest BCUT2D eigenvalue weighted by Crippen LogP contribution is 2.62. The molecule has 7 rings (SSSR count). The minimum Gasteiger partial charge on any atom is -0.0987 e. The lowest BCUT2D eigenvalue weighted by atomic mass is 9.69. The molecule has 0 nitrogen and oxygen atoms in total. The molecule has 36 heavy (non-hydrogen) atoms. The maximum Gasteiger partial charge on any atom is 0.0725 e. The van der Waals surface area contributed by atoms with E-state index in [1.165, 1.54) is 72.0 Å². The van der Waals surface area contributed by atoms with E-state index < -0.39 is 0 Å². The number of fused-ring (bicyclic) bond motifs is 8. The summed E-state index contributed by atoms with van der Waals surface area (Å²) in [6, 6.07) is 37.9. The van der Waals surface area contributed by atoms with Crippen LogP contribution in [-0.4, -0.2) is 0 Å². The van der Waals surface area contributed by atoms with Gasteiger partial charge in [0.1, 0.15) is 0 Å². The molecule has 5 aromatic rings. The molecule has 0 N–H and O–H groups in total. The molecule has 0 heteroatoms. The summed E-state index contributed by atoms with van der Waals surface area (Å²) in [6.07, 6.45) is 4.07. The van der Waals surface area contributed by atoms with Crippen LogP contribution in [0.2, 0.25) is 0 Å². The number of benzene rings is 5. The van der Waals surface area contributed by atoms with Gasteiger partial charge in [0.05, 0.1) is 5.41 Å². The van der Waals surface area contributed by atoms with E-state index in [1.54, 1.807) is 0 Å². The Hall–Kier alpha value is -4.42. The summed E-state index contributed by atoms with van der Waals surface area (Å²) in [4.78, 5) is 0. The lowest BCUT2D eigenvalue weighted by Crippen LogP contribution is -2.26. The van der Waals surface area contributed by atoms with E-state index in [9.17, 15) is 0 Å². The predicted octanol–water partition coefficient (Wildman–Crippen LogP) is 9.27. The Morgan fingerprint density at radius 2 is 1.17 bits per heavy atom. The zero-order chi connectivity index (χ0) is 24.4. The fourth-order valence-electron chi connectivity index (χ4n) is 6.75. The van der Waals surface area contributed by atoms with Crippen molar-refractivity contribution in [2.75, 3.05) is 0 Å². The lowest BCUT2D eigenvalue weighted by molar-refractivity contribution is 0.787. The summed E-state index contributed by atoms with van der Waals surface area (Å²) in [5.74, 6) is 0. The Bertz CT molecular complexity index is 1730. The highest BCUT2D eigenvalue weighted by atomic mass is 14.5. The summed E-state index contributed by atoms with van der Waals surface area (Å²) in [5, 5.41) is 2.59. The van der Waals surface area contributed by atoms with Gasteiger partial charge in [0.2, 0.25) is 0 Å². The molecule has 0 radical (unpaired) electrons. The van der Waals surface area contributed by atoms with Crippen LogP contribution in [0.5, 0.6) is 0 Å². The summed E-state index contributed by atoms with van der Waals surface area (Å²) in [5.41, 5.74) is 13.6. The zero-order valence-electron chi connectivity index (χ0n) is 20.4. The van der Waals surface area contributed by atoms with Gasteiger partial charge >= 0.3 is 0 Å². The molecule has 2 aliphatic rings. The molecular weight excluding hydrogens is 432 g/mol. The molecule has 0 amide bonds. The van der Waals surface area contributed by atoms with Crippen molar-refractivity contribution >= 4 is 16.3 Å². The van der Waals surface area contributed by atoms with Crippen molar-refractivity contribution in [2.24, 2.45) is 0 Å². The first-order chi connectivity index (χ1) is 17.7. The number of hydrogen-bond acceptors (Lipinski definition) is 0. The van der Waals surface area contributed by atoms with Crippen LogP contribution in [-0.2, 0) is 5.41 Å². The summed E-state index contributed by atoms with van der Waals surface area (Å²) < 4.78 is 0. The number of rotatable bonds is 3. The van der Waals surface area contributed by atoms with E-state index in [1.807, 2.05) is 6.08 Å². The van der Waals surface area contributed by atoms with Crippen LogP contribution in [0.25, 0.3) is 38.6 Å². The normalized spacial score (nSPS) is 14.6. The second-order valence-corrected chi connectivity index (χ2v) is 9.81. The Morgan fingerprint density at radius 1 is 0.556 bits per heavy atom. The maximum atomic E-state index is 4.31.